The molecule has 1 aromatic rings. The van der Waals surface area contributed by atoms with Gasteiger partial charge in [0.15, 0.2) is 0 Å². The fourth-order valence-electron chi connectivity index (χ4n) is 2.60. The summed E-state index contributed by atoms with van der Waals surface area (Å²) in [5.74, 6) is -0.126. The molecule has 1 fully saturated rings. The van der Waals surface area contributed by atoms with Gasteiger partial charge in [0.05, 0.1) is 12.7 Å². The zero-order valence-corrected chi connectivity index (χ0v) is 11.8. The zero-order valence-electron chi connectivity index (χ0n) is 11.8. The lowest BCUT2D eigenvalue weighted by Gasteiger charge is -2.43. The normalized spacial score (nSPS) is 17.4. The smallest absolute Gasteiger partial charge is 0.261 e. The first kappa shape index (κ1) is 14.3. The van der Waals surface area contributed by atoms with Crippen LogP contribution < -0.4 is 10.1 Å². The number of methoxy groups -OCH3 is 3. The van der Waals surface area contributed by atoms with Gasteiger partial charge in [-0.25, -0.2) is 4.90 Å². The van der Waals surface area contributed by atoms with E-state index in [-0.39, 0.29) is 0 Å². The summed E-state index contributed by atoms with van der Waals surface area (Å²) in [5.41, 5.74) is 0.893. The summed E-state index contributed by atoms with van der Waals surface area (Å²) in [6, 6.07) is 7.81. The summed E-state index contributed by atoms with van der Waals surface area (Å²) < 4.78 is 16.9. The molecule has 0 atom stereocenters. The summed E-state index contributed by atoms with van der Waals surface area (Å²) in [4.78, 5) is 2.18. The highest BCUT2D eigenvalue weighted by Gasteiger charge is 2.42. The van der Waals surface area contributed by atoms with Gasteiger partial charge in [0.2, 0.25) is 0 Å². The Kier molecular flexibility index (Phi) is 4.76. The molecule has 5 nitrogen and oxygen atoms in total. The zero-order chi connectivity index (χ0) is 13.7. The molecular weight excluding hydrogens is 244 g/mol. The van der Waals surface area contributed by atoms with Crippen LogP contribution in [0.25, 0.3) is 0 Å². The molecule has 1 aliphatic heterocycles. The van der Waals surface area contributed by atoms with Crippen molar-refractivity contribution >= 4 is 0 Å². The topological polar surface area (TPSA) is 43.0 Å². The van der Waals surface area contributed by atoms with Gasteiger partial charge < -0.3 is 19.5 Å². The van der Waals surface area contributed by atoms with Gasteiger partial charge in [0.1, 0.15) is 5.75 Å². The van der Waals surface area contributed by atoms with Crippen molar-refractivity contribution in [2.75, 3.05) is 47.5 Å². The molecule has 106 valence electrons. The molecule has 0 amide bonds. The number of nitrogens with one attached hydrogen (secondary N) is 1. The van der Waals surface area contributed by atoms with E-state index in [1.807, 2.05) is 24.3 Å². The van der Waals surface area contributed by atoms with Gasteiger partial charge in [-0.1, -0.05) is 12.1 Å². The van der Waals surface area contributed by atoms with E-state index in [1.165, 1.54) is 0 Å². The molecule has 0 aliphatic carbocycles. The Hall–Kier alpha value is -1.14. The van der Waals surface area contributed by atoms with Crippen molar-refractivity contribution in [3.8, 4) is 5.75 Å². The van der Waals surface area contributed by atoms with Crippen LogP contribution in [0.3, 0.4) is 0 Å². The quantitative estimate of drug-likeness (QED) is 0.806. The predicted octanol–water partition coefficient (Wildman–Crippen LogP) is 1.00. The van der Waals surface area contributed by atoms with E-state index >= 15 is 0 Å². The fourth-order valence-corrected chi connectivity index (χ4v) is 2.60. The first-order valence-electron chi connectivity index (χ1n) is 6.48. The molecule has 0 unspecified atom stereocenters. The van der Waals surface area contributed by atoms with Gasteiger partial charge in [-0.2, -0.15) is 0 Å². The average molecular weight is 266 g/mol. The molecule has 0 saturated carbocycles. The summed E-state index contributed by atoms with van der Waals surface area (Å²) >= 11 is 0. The lowest BCUT2D eigenvalue weighted by Crippen LogP contribution is -2.56. The second kappa shape index (κ2) is 6.34. The highest BCUT2D eigenvalue weighted by atomic mass is 16.7. The number of para-hydroxylation sites is 1. The van der Waals surface area contributed by atoms with Gasteiger partial charge in [0.25, 0.3) is 5.91 Å². The van der Waals surface area contributed by atoms with Crippen molar-refractivity contribution < 1.29 is 14.2 Å². The number of piperazine rings is 1. The summed E-state index contributed by atoms with van der Waals surface area (Å²) in [6.45, 7) is 3.56. The molecule has 5 heteroatoms. The highest BCUT2D eigenvalue weighted by molar-refractivity contribution is 5.36. The third-order valence-electron chi connectivity index (χ3n) is 3.53. The number of hydrogen-bond donors (Lipinski definition) is 1. The fraction of sp³-hybridized carbons (Fsp3) is 0.571. The van der Waals surface area contributed by atoms with Crippen LogP contribution >= 0.6 is 0 Å². The predicted molar refractivity (Wildman–Crippen MR) is 73.1 cm³/mol. The molecule has 1 N–H and O–H groups in total. The molecule has 1 heterocycles. The maximum Gasteiger partial charge on any atom is 0.261 e. The van der Waals surface area contributed by atoms with Crippen LogP contribution in [0, 0.1) is 0 Å². The number of benzene rings is 1. The van der Waals surface area contributed by atoms with E-state index in [0.29, 0.717) is 0 Å². The Morgan fingerprint density at radius 1 is 1.05 bits per heavy atom. The van der Waals surface area contributed by atoms with Gasteiger partial charge in [0, 0.05) is 40.4 Å². The van der Waals surface area contributed by atoms with Gasteiger partial charge in [-0.05, 0) is 12.1 Å². The van der Waals surface area contributed by atoms with Crippen molar-refractivity contribution in [1.82, 2.24) is 10.2 Å². The number of hydrogen-bond acceptors (Lipinski definition) is 5. The van der Waals surface area contributed by atoms with E-state index in [4.69, 9.17) is 14.2 Å². The molecule has 0 aromatic heterocycles. The molecule has 1 aromatic carbocycles. The van der Waals surface area contributed by atoms with Crippen LogP contribution in [0.4, 0.5) is 0 Å². The second-order valence-corrected chi connectivity index (χ2v) is 4.43. The van der Waals surface area contributed by atoms with E-state index in [1.54, 1.807) is 21.3 Å². The van der Waals surface area contributed by atoms with Crippen molar-refractivity contribution in [2.45, 2.75) is 5.91 Å². The van der Waals surface area contributed by atoms with Gasteiger partial charge in [-0.3, -0.25) is 0 Å². The van der Waals surface area contributed by atoms with Crippen LogP contribution in [0.2, 0.25) is 0 Å². The molecule has 0 spiro atoms. The lowest BCUT2D eigenvalue weighted by atomic mass is 10.1. The minimum absolute atomic E-state index is 0.768. The molecule has 1 aliphatic rings. The summed E-state index contributed by atoms with van der Waals surface area (Å²) in [7, 11) is 4.99. The maximum absolute atomic E-state index is 5.75. The van der Waals surface area contributed by atoms with E-state index in [0.717, 1.165) is 37.5 Å². The van der Waals surface area contributed by atoms with Crippen LogP contribution in [0.15, 0.2) is 24.3 Å². The van der Waals surface area contributed by atoms with Crippen molar-refractivity contribution in [2.24, 2.45) is 0 Å². The van der Waals surface area contributed by atoms with Crippen molar-refractivity contribution in [1.29, 1.82) is 0 Å². The minimum atomic E-state index is -0.894. The number of ether oxygens (including phenoxy) is 3. The SMILES string of the molecule is COc1ccccc1C(OC)(OC)N1CCNCC1. The number of rotatable bonds is 5. The maximum atomic E-state index is 5.75. The molecule has 19 heavy (non-hydrogen) atoms. The van der Waals surface area contributed by atoms with E-state index < -0.39 is 5.91 Å². The number of nitrogens with zero attached hydrogens (tertiary/aromatic N) is 1. The van der Waals surface area contributed by atoms with Crippen LogP contribution in [0.5, 0.6) is 5.75 Å². The third kappa shape index (κ3) is 2.60. The van der Waals surface area contributed by atoms with Crippen molar-refractivity contribution in [3.63, 3.8) is 0 Å². The largest absolute Gasteiger partial charge is 0.496 e. The molecule has 0 bridgehead atoms. The van der Waals surface area contributed by atoms with Crippen LogP contribution in [-0.4, -0.2) is 52.4 Å². The first-order chi connectivity index (χ1) is 9.28. The standard InChI is InChI=1S/C14H22N2O3/c1-17-13-7-5-4-6-12(13)14(18-2,19-3)16-10-8-15-9-11-16/h4-7,15H,8-11H2,1-3H3. The Bertz CT molecular complexity index is 401. The van der Waals surface area contributed by atoms with Gasteiger partial charge >= 0.3 is 0 Å². The third-order valence-corrected chi connectivity index (χ3v) is 3.53. The van der Waals surface area contributed by atoms with E-state index in [9.17, 15) is 0 Å². The average Bonchev–Trinajstić information content (AvgIpc) is 2.51. The molecule has 2 rings (SSSR count). The lowest BCUT2D eigenvalue weighted by molar-refractivity contribution is -0.309. The highest BCUT2D eigenvalue weighted by Crippen LogP contribution is 2.36. The summed E-state index contributed by atoms with van der Waals surface area (Å²) in [5, 5.41) is 3.33. The Labute approximate surface area is 114 Å². The second-order valence-electron chi connectivity index (χ2n) is 4.43. The first-order valence-corrected chi connectivity index (χ1v) is 6.48. The monoisotopic (exact) mass is 266 g/mol. The minimum Gasteiger partial charge on any atom is -0.496 e. The van der Waals surface area contributed by atoms with Crippen LogP contribution in [0.1, 0.15) is 5.56 Å². The van der Waals surface area contributed by atoms with Crippen molar-refractivity contribution in [3.05, 3.63) is 29.8 Å². The molecular formula is C14H22N2O3. The van der Waals surface area contributed by atoms with Crippen LogP contribution in [-0.2, 0) is 15.4 Å². The Balaban J connectivity index is 2.42. The van der Waals surface area contributed by atoms with Gasteiger partial charge in [-0.15, -0.1) is 0 Å². The Morgan fingerprint density at radius 2 is 1.68 bits per heavy atom. The summed E-state index contributed by atoms with van der Waals surface area (Å²) in [6.07, 6.45) is 0. The molecule has 1 saturated heterocycles. The van der Waals surface area contributed by atoms with E-state index in [2.05, 4.69) is 10.2 Å². The Morgan fingerprint density at radius 3 is 2.26 bits per heavy atom. The molecule has 0 radical (unpaired) electrons.